The highest BCUT2D eigenvalue weighted by atomic mass is 35.5. The van der Waals surface area contributed by atoms with Crippen LogP contribution in [0.15, 0.2) is 48.5 Å². The third-order valence-electron chi connectivity index (χ3n) is 6.89. The Labute approximate surface area is 207 Å². The van der Waals surface area contributed by atoms with E-state index in [4.69, 9.17) is 46.4 Å². The summed E-state index contributed by atoms with van der Waals surface area (Å²) in [5, 5.41) is 13.3. The molecule has 4 nitrogen and oxygen atoms in total. The van der Waals surface area contributed by atoms with Gasteiger partial charge in [-0.1, -0.05) is 52.5 Å². The maximum Gasteiger partial charge on any atom is 0.241 e. The van der Waals surface area contributed by atoms with E-state index in [1.54, 1.807) is 12.1 Å². The van der Waals surface area contributed by atoms with Crippen molar-refractivity contribution in [2.24, 2.45) is 11.8 Å². The second kappa shape index (κ2) is 6.94. The molecule has 1 heterocycles. The van der Waals surface area contributed by atoms with Gasteiger partial charge in [-0.15, -0.1) is 0 Å². The molecule has 2 bridgehead atoms. The molecule has 0 spiro atoms. The van der Waals surface area contributed by atoms with Gasteiger partial charge in [-0.2, -0.15) is 0 Å². The molecule has 166 valence electrons. The normalized spacial score (nSPS) is 27.0. The van der Waals surface area contributed by atoms with E-state index in [-0.39, 0.29) is 36.9 Å². The van der Waals surface area contributed by atoms with Crippen LogP contribution in [0, 0.1) is 17.7 Å². The Kier molecular flexibility index (Phi) is 4.50. The fourth-order valence-corrected chi connectivity index (χ4v) is 6.96. The van der Waals surface area contributed by atoms with Crippen LogP contribution in [-0.2, 0) is 15.2 Å². The van der Waals surface area contributed by atoms with Crippen molar-refractivity contribution >= 4 is 63.9 Å². The van der Waals surface area contributed by atoms with E-state index in [2.05, 4.69) is 0 Å². The molecule has 0 aromatic heterocycles. The van der Waals surface area contributed by atoms with Crippen molar-refractivity contribution < 1.29 is 19.1 Å². The maximum atomic E-state index is 14.0. The van der Waals surface area contributed by atoms with E-state index in [0.29, 0.717) is 11.1 Å². The van der Waals surface area contributed by atoms with Crippen molar-refractivity contribution in [3.05, 3.63) is 96.7 Å². The molecule has 4 aliphatic rings. The van der Waals surface area contributed by atoms with Crippen LogP contribution >= 0.6 is 46.4 Å². The zero-order chi connectivity index (χ0) is 23.4. The molecule has 3 aromatic carbocycles. The van der Waals surface area contributed by atoms with E-state index >= 15 is 0 Å². The van der Waals surface area contributed by atoms with Crippen LogP contribution in [0.25, 0.3) is 0 Å². The Bertz CT molecular complexity index is 1370. The summed E-state index contributed by atoms with van der Waals surface area (Å²) >= 11 is 26.2. The molecule has 7 rings (SSSR count). The average molecular weight is 523 g/mol. The second-order valence-corrected chi connectivity index (χ2v) is 10.0. The van der Waals surface area contributed by atoms with Gasteiger partial charge in [0.05, 0.1) is 17.5 Å². The van der Waals surface area contributed by atoms with Crippen LogP contribution in [0.2, 0.25) is 20.1 Å². The molecule has 1 aliphatic heterocycles. The Hall–Kier alpha value is -2.15. The number of aliphatic hydroxyl groups is 1. The van der Waals surface area contributed by atoms with Crippen LogP contribution in [0.5, 0.6) is 0 Å². The van der Waals surface area contributed by atoms with E-state index in [1.165, 1.54) is 30.3 Å². The molecule has 9 heteroatoms. The zero-order valence-corrected chi connectivity index (χ0v) is 19.5. The van der Waals surface area contributed by atoms with Gasteiger partial charge in [-0.05, 0) is 53.6 Å². The zero-order valence-electron chi connectivity index (χ0n) is 16.5. The quantitative estimate of drug-likeness (QED) is 0.402. The number of amides is 2. The van der Waals surface area contributed by atoms with E-state index in [1.807, 2.05) is 0 Å². The van der Waals surface area contributed by atoms with Crippen LogP contribution in [0.3, 0.4) is 0 Å². The molecule has 0 radical (unpaired) electrons. The summed E-state index contributed by atoms with van der Waals surface area (Å²) in [5.41, 5.74) is -0.643. The Balaban J connectivity index is 1.71. The lowest BCUT2D eigenvalue weighted by atomic mass is 9.52. The van der Waals surface area contributed by atoms with Crippen molar-refractivity contribution in [3.8, 4) is 0 Å². The minimum atomic E-state index is -2.07. The Morgan fingerprint density at radius 3 is 1.91 bits per heavy atom. The topological polar surface area (TPSA) is 57.6 Å². The van der Waals surface area contributed by atoms with Gasteiger partial charge >= 0.3 is 0 Å². The summed E-state index contributed by atoms with van der Waals surface area (Å²) in [6, 6.07) is 11.4. The van der Waals surface area contributed by atoms with Gasteiger partial charge in [-0.25, -0.2) is 9.29 Å². The highest BCUT2D eigenvalue weighted by Crippen LogP contribution is 2.67. The number of hydrogen-bond donors (Lipinski definition) is 1. The first kappa shape index (κ1) is 21.4. The summed E-state index contributed by atoms with van der Waals surface area (Å²) < 4.78 is 14.0. The fourth-order valence-electron chi connectivity index (χ4n) is 5.79. The van der Waals surface area contributed by atoms with Gasteiger partial charge in [0.15, 0.2) is 0 Å². The van der Waals surface area contributed by atoms with Crippen LogP contribution in [0.1, 0.15) is 28.2 Å². The first-order valence-electron chi connectivity index (χ1n) is 10.0. The summed E-state index contributed by atoms with van der Waals surface area (Å²) in [5.74, 6) is -4.91. The van der Waals surface area contributed by atoms with Crippen molar-refractivity contribution in [2.75, 3.05) is 4.90 Å². The molecular weight excluding hydrogens is 511 g/mol. The molecular formula is C24H12Cl4FNO3. The van der Waals surface area contributed by atoms with E-state index in [0.717, 1.165) is 11.0 Å². The number of anilines is 1. The summed E-state index contributed by atoms with van der Waals surface area (Å²) in [6.07, 6.45) is 0. The summed E-state index contributed by atoms with van der Waals surface area (Å²) in [6.45, 7) is 0. The standard InChI is InChI=1S/C24H12Cl4FNO3/c25-11-4-6-13(27)19-15(11)17-16-12(26)5-7-14(28)20(16)24(19,33)21-18(17)22(31)30(23(21)32)10-3-1-2-9(29)8-10/h1-8,17-18,21,33H. The van der Waals surface area contributed by atoms with Gasteiger partial charge in [0, 0.05) is 37.1 Å². The lowest BCUT2D eigenvalue weighted by Crippen LogP contribution is -2.54. The molecule has 33 heavy (non-hydrogen) atoms. The average Bonchev–Trinajstić information content (AvgIpc) is 3.04. The summed E-state index contributed by atoms with van der Waals surface area (Å²) in [4.78, 5) is 28.4. The van der Waals surface area contributed by atoms with Gasteiger partial charge in [0.1, 0.15) is 11.4 Å². The van der Waals surface area contributed by atoms with Gasteiger partial charge in [0.25, 0.3) is 0 Å². The first-order valence-corrected chi connectivity index (χ1v) is 11.5. The molecule has 2 amide bonds. The molecule has 1 fully saturated rings. The number of halogens is 5. The Morgan fingerprint density at radius 1 is 0.818 bits per heavy atom. The van der Waals surface area contributed by atoms with Crippen molar-refractivity contribution in [1.29, 1.82) is 0 Å². The smallest absolute Gasteiger partial charge is 0.241 e. The lowest BCUT2D eigenvalue weighted by molar-refractivity contribution is -0.133. The van der Waals surface area contributed by atoms with Crippen molar-refractivity contribution in [2.45, 2.75) is 11.5 Å². The monoisotopic (exact) mass is 521 g/mol. The van der Waals surface area contributed by atoms with Crippen LogP contribution in [-0.4, -0.2) is 16.9 Å². The minimum absolute atomic E-state index is 0.0740. The largest absolute Gasteiger partial charge is 0.379 e. The number of carbonyl (C=O) groups is 2. The van der Waals surface area contributed by atoms with Gasteiger partial charge in [-0.3, -0.25) is 9.59 Å². The molecule has 3 aliphatic carbocycles. The number of imide groups is 1. The minimum Gasteiger partial charge on any atom is -0.379 e. The van der Waals surface area contributed by atoms with E-state index < -0.39 is 41.0 Å². The predicted molar refractivity (Wildman–Crippen MR) is 124 cm³/mol. The van der Waals surface area contributed by atoms with Crippen molar-refractivity contribution in [1.82, 2.24) is 0 Å². The highest BCUT2D eigenvalue weighted by molar-refractivity contribution is 6.37. The molecule has 1 N–H and O–H groups in total. The molecule has 3 aromatic rings. The third-order valence-corrected chi connectivity index (χ3v) is 8.18. The lowest BCUT2D eigenvalue weighted by Gasteiger charge is -2.52. The molecule has 0 saturated carbocycles. The van der Waals surface area contributed by atoms with E-state index in [9.17, 15) is 19.1 Å². The number of rotatable bonds is 1. The Morgan fingerprint density at radius 2 is 1.36 bits per heavy atom. The first-order chi connectivity index (χ1) is 15.7. The predicted octanol–water partition coefficient (Wildman–Crippen LogP) is 5.94. The SMILES string of the molecule is O=C1C2C3c4c(Cl)ccc(Cl)c4C(O)(c4c(Cl)ccc(Cl)c43)C2C(=O)N1c1cccc(F)c1. The summed E-state index contributed by atoms with van der Waals surface area (Å²) in [7, 11) is 0. The molecule has 2 atom stereocenters. The highest BCUT2D eigenvalue weighted by Gasteiger charge is 2.70. The molecule has 2 unspecified atom stereocenters. The number of nitrogens with zero attached hydrogens (tertiary/aromatic N) is 1. The van der Waals surface area contributed by atoms with Crippen LogP contribution in [0.4, 0.5) is 10.1 Å². The number of hydrogen-bond acceptors (Lipinski definition) is 3. The number of benzene rings is 3. The number of carbonyl (C=O) groups excluding carboxylic acids is 2. The fraction of sp³-hybridized carbons (Fsp3) is 0.167. The van der Waals surface area contributed by atoms with Crippen LogP contribution < -0.4 is 4.90 Å². The maximum absolute atomic E-state index is 14.0. The van der Waals surface area contributed by atoms with Crippen molar-refractivity contribution in [3.63, 3.8) is 0 Å². The van der Waals surface area contributed by atoms with Gasteiger partial charge < -0.3 is 5.11 Å². The van der Waals surface area contributed by atoms with Gasteiger partial charge in [0.2, 0.25) is 11.8 Å². The third kappa shape index (κ3) is 2.52. The molecule has 1 saturated heterocycles. The second-order valence-electron chi connectivity index (χ2n) is 8.38.